The highest BCUT2D eigenvalue weighted by Crippen LogP contribution is 2.47. The Hall–Kier alpha value is -5.11. The van der Waals surface area contributed by atoms with Crippen LogP contribution < -0.4 is 21.5 Å². The maximum Gasteiger partial charge on any atom is 0.355 e. The molecule has 3 aromatic rings. The van der Waals surface area contributed by atoms with Gasteiger partial charge in [-0.2, -0.15) is 0 Å². The summed E-state index contributed by atoms with van der Waals surface area (Å²) in [5, 5.41) is 13.0. The molecule has 1 amide bonds. The van der Waals surface area contributed by atoms with E-state index in [0.717, 1.165) is 48.1 Å². The molecule has 6 rings (SSSR count). The fraction of sp³-hybridized carbons (Fsp3) is 0.472. The molecule has 264 valence electrons. The molecule has 14 nitrogen and oxygen atoms in total. The average molecular weight is 687 g/mol. The number of aliphatic imine (C=N–C) groups is 1. The molecule has 0 unspecified atom stereocenters. The third-order valence-corrected chi connectivity index (χ3v) is 9.82. The number of amides is 1. The van der Waals surface area contributed by atoms with Crippen molar-refractivity contribution in [2.24, 2.45) is 16.6 Å². The Bertz CT molecular complexity index is 1990. The van der Waals surface area contributed by atoms with Crippen molar-refractivity contribution in [3.63, 3.8) is 0 Å². The molecule has 0 saturated heterocycles. The summed E-state index contributed by atoms with van der Waals surface area (Å²) in [6.07, 6.45) is 4.09. The quantitative estimate of drug-likeness (QED) is 0.137. The number of fused-ring (bicyclic) bond motifs is 5. The van der Waals surface area contributed by atoms with Crippen LogP contribution in [0.1, 0.15) is 82.9 Å². The zero-order chi connectivity index (χ0) is 35.9. The van der Waals surface area contributed by atoms with Crippen molar-refractivity contribution in [3.05, 3.63) is 51.3 Å². The maximum absolute atomic E-state index is 14.2. The Labute approximate surface area is 288 Å². The lowest BCUT2D eigenvalue weighted by Crippen LogP contribution is -2.50. The number of aromatic nitrogens is 2. The van der Waals surface area contributed by atoms with Crippen molar-refractivity contribution < 1.29 is 33.8 Å². The first kappa shape index (κ1) is 34.7. The van der Waals surface area contributed by atoms with E-state index in [1.165, 1.54) is 0 Å². The molecule has 2 aromatic heterocycles. The summed E-state index contributed by atoms with van der Waals surface area (Å²) in [5.41, 5.74) is 8.32. The number of pyridine rings is 2. The number of rotatable bonds is 13. The first-order valence-electron chi connectivity index (χ1n) is 17.1. The van der Waals surface area contributed by atoms with E-state index in [0.29, 0.717) is 16.9 Å². The Balaban J connectivity index is 1.36. The summed E-state index contributed by atoms with van der Waals surface area (Å²) < 4.78 is 12.9. The smallest absolute Gasteiger partial charge is 0.355 e. The number of cyclic esters (lactones) is 1. The van der Waals surface area contributed by atoms with Gasteiger partial charge in [-0.15, -0.1) is 0 Å². The summed E-state index contributed by atoms with van der Waals surface area (Å²) in [4.78, 5) is 77.2. The zero-order valence-electron chi connectivity index (χ0n) is 28.7. The summed E-state index contributed by atoms with van der Waals surface area (Å²) in [5.74, 6) is -3.97. The maximum atomic E-state index is 14.2. The number of hydrogen-bond donors (Lipinski definition) is 3. The molecule has 0 bridgehead atoms. The first-order valence-corrected chi connectivity index (χ1v) is 17.1. The van der Waals surface area contributed by atoms with Crippen molar-refractivity contribution in [2.45, 2.75) is 97.1 Å². The number of hydrogen-bond acceptors (Lipinski definition) is 11. The van der Waals surface area contributed by atoms with Crippen LogP contribution in [-0.2, 0) is 47.4 Å². The lowest BCUT2D eigenvalue weighted by molar-refractivity contribution is -0.189. The molecule has 1 aromatic carbocycles. The van der Waals surface area contributed by atoms with Crippen LogP contribution in [-0.4, -0.2) is 63.4 Å². The van der Waals surface area contributed by atoms with Crippen LogP contribution in [0.15, 0.2) is 34.1 Å². The van der Waals surface area contributed by atoms with Gasteiger partial charge in [0, 0.05) is 24.1 Å². The second-order valence-corrected chi connectivity index (χ2v) is 13.4. The number of anilines is 1. The highest BCUT2D eigenvalue weighted by atomic mass is 16.6. The van der Waals surface area contributed by atoms with Crippen LogP contribution in [0.4, 0.5) is 11.4 Å². The van der Waals surface area contributed by atoms with Gasteiger partial charge in [0.05, 0.1) is 58.2 Å². The number of carboxylic acid groups (broad SMARTS) is 1. The first-order chi connectivity index (χ1) is 23.9. The number of esters is 2. The standard InChI is InChI=1S/C36H42N6O8/c1-5-7-8-14-41-18-38-23-10-9-11-24-28(23)31(41)20-16-42-26(30(20)39-24)15-22-21(33(42)45)17-49-35(48)36(22,6-2)50-27(43)13-12-25(34(46)47)40-32(44)29(37)19(3)4/h9-11,15,18-19,25,29H,5-8,12-14,16-17,37H2,1-4H3,(H,40,44)(H,46,47)/t25-,29+,36+/m1/s1. The molecule has 3 atom stereocenters. The molecule has 5 heterocycles. The summed E-state index contributed by atoms with van der Waals surface area (Å²) in [6.45, 7) is 7.93. The fourth-order valence-corrected chi connectivity index (χ4v) is 6.90. The Morgan fingerprint density at radius 3 is 2.64 bits per heavy atom. The van der Waals surface area contributed by atoms with Crippen LogP contribution in [0.3, 0.4) is 0 Å². The summed E-state index contributed by atoms with van der Waals surface area (Å²) in [6, 6.07) is 5.08. The third-order valence-electron chi connectivity index (χ3n) is 9.82. The van der Waals surface area contributed by atoms with E-state index in [9.17, 15) is 29.1 Å². The second kappa shape index (κ2) is 13.7. The number of nitrogens with one attached hydrogen (secondary N) is 1. The van der Waals surface area contributed by atoms with Gasteiger partial charge in [-0.3, -0.25) is 14.4 Å². The van der Waals surface area contributed by atoms with Crippen LogP contribution in [0.2, 0.25) is 0 Å². The van der Waals surface area contributed by atoms with Crippen LogP contribution in [0, 0.1) is 5.92 Å². The number of carboxylic acids is 1. The van der Waals surface area contributed by atoms with Crippen molar-refractivity contribution >= 4 is 52.4 Å². The van der Waals surface area contributed by atoms with Crippen LogP contribution in [0.25, 0.3) is 22.3 Å². The van der Waals surface area contributed by atoms with E-state index in [-0.39, 0.29) is 48.6 Å². The number of ether oxygens (including phenoxy) is 2. The normalized spacial score (nSPS) is 18.3. The lowest BCUT2D eigenvalue weighted by Gasteiger charge is -2.35. The lowest BCUT2D eigenvalue weighted by atomic mass is 9.85. The van der Waals surface area contributed by atoms with E-state index in [1.54, 1.807) is 31.4 Å². The van der Waals surface area contributed by atoms with E-state index in [2.05, 4.69) is 22.1 Å². The minimum Gasteiger partial charge on any atom is -0.480 e. The molecular weight excluding hydrogens is 644 g/mol. The Morgan fingerprint density at radius 2 is 1.94 bits per heavy atom. The molecule has 0 spiro atoms. The van der Waals surface area contributed by atoms with Gasteiger partial charge in [-0.25, -0.2) is 19.6 Å². The number of carbonyl (C=O) groups is 4. The molecule has 0 fully saturated rings. The van der Waals surface area contributed by atoms with Gasteiger partial charge in [0.15, 0.2) is 0 Å². The fourth-order valence-electron chi connectivity index (χ4n) is 6.90. The largest absolute Gasteiger partial charge is 0.480 e. The topological polar surface area (TPSA) is 196 Å². The number of unbranched alkanes of at least 4 members (excludes halogenated alkanes) is 2. The second-order valence-electron chi connectivity index (χ2n) is 13.4. The van der Waals surface area contributed by atoms with Crippen molar-refractivity contribution in [3.8, 4) is 11.4 Å². The highest BCUT2D eigenvalue weighted by Gasteiger charge is 2.50. The van der Waals surface area contributed by atoms with Gasteiger partial charge in [0.1, 0.15) is 12.6 Å². The van der Waals surface area contributed by atoms with Crippen LogP contribution in [0.5, 0.6) is 0 Å². The van der Waals surface area contributed by atoms with E-state index < -0.39 is 47.9 Å². The molecule has 0 radical (unpaired) electrons. The number of nitrogens with two attached hydrogens (primary N) is 1. The number of carbonyl (C=O) groups excluding carboxylic acids is 3. The Morgan fingerprint density at radius 1 is 1.16 bits per heavy atom. The number of benzene rings is 1. The van der Waals surface area contributed by atoms with Crippen molar-refractivity contribution in [2.75, 3.05) is 11.4 Å². The molecule has 3 aliphatic heterocycles. The summed E-state index contributed by atoms with van der Waals surface area (Å²) in [7, 11) is 0. The molecule has 50 heavy (non-hydrogen) atoms. The monoisotopic (exact) mass is 686 g/mol. The minimum absolute atomic E-state index is 0.0515. The van der Waals surface area contributed by atoms with Gasteiger partial charge >= 0.3 is 17.9 Å². The van der Waals surface area contributed by atoms with Gasteiger partial charge in [0.25, 0.3) is 5.56 Å². The van der Waals surface area contributed by atoms with Gasteiger partial charge in [-0.05, 0) is 43.4 Å². The molecule has 14 heteroatoms. The average Bonchev–Trinajstić information content (AvgIpc) is 3.47. The molecule has 3 aliphatic rings. The number of aliphatic carboxylic acids is 1. The van der Waals surface area contributed by atoms with Crippen molar-refractivity contribution in [1.82, 2.24) is 14.9 Å². The summed E-state index contributed by atoms with van der Waals surface area (Å²) >= 11 is 0. The van der Waals surface area contributed by atoms with E-state index in [1.807, 2.05) is 24.5 Å². The van der Waals surface area contributed by atoms with E-state index >= 15 is 0 Å². The van der Waals surface area contributed by atoms with Crippen molar-refractivity contribution in [1.29, 1.82) is 0 Å². The zero-order valence-corrected chi connectivity index (χ0v) is 28.7. The molecule has 4 N–H and O–H groups in total. The predicted octanol–water partition coefficient (Wildman–Crippen LogP) is 3.63. The van der Waals surface area contributed by atoms with Crippen LogP contribution >= 0.6 is 0 Å². The minimum atomic E-state index is -1.96. The van der Waals surface area contributed by atoms with Gasteiger partial charge in [0.2, 0.25) is 11.5 Å². The highest BCUT2D eigenvalue weighted by molar-refractivity contribution is 6.11. The third kappa shape index (κ3) is 5.91. The SMILES string of the molecule is CCCCCN1C=Nc2cccc3nc4c(c1c23)Cn1c-4cc2c(c1=O)COC(=O)[C@@]2(CC)OC(=O)CC[C@@H](NC(=O)[C@@H](N)C(C)C)C(=O)O. The Kier molecular flexibility index (Phi) is 9.49. The van der Waals surface area contributed by atoms with Gasteiger partial charge in [-0.1, -0.05) is 46.6 Å². The number of nitrogens with zero attached hydrogens (tertiary/aromatic N) is 4. The van der Waals surface area contributed by atoms with Gasteiger partial charge < -0.3 is 35.1 Å². The molecule has 0 saturated carbocycles. The molecule has 0 aliphatic carbocycles. The van der Waals surface area contributed by atoms with E-state index in [4.69, 9.17) is 20.2 Å². The predicted molar refractivity (Wildman–Crippen MR) is 185 cm³/mol. The molecular formula is C36H42N6O8.